The third-order valence-electron chi connectivity index (χ3n) is 4.14. The first-order valence-electron chi connectivity index (χ1n) is 8.73. The third-order valence-corrected chi connectivity index (χ3v) is 4.49. The van der Waals surface area contributed by atoms with Gasteiger partial charge < -0.3 is 10.1 Å². The maximum absolute atomic E-state index is 12.6. The highest BCUT2D eigenvalue weighted by atomic mass is 35.5. The summed E-state index contributed by atoms with van der Waals surface area (Å²) in [6, 6.07) is 17.5. The Morgan fingerprint density at radius 1 is 1.17 bits per heavy atom. The maximum Gasteiger partial charge on any atom is 0.344 e. The molecule has 7 nitrogen and oxygen atoms in total. The second-order valence-corrected chi connectivity index (χ2v) is 6.58. The molecule has 29 heavy (non-hydrogen) atoms. The highest BCUT2D eigenvalue weighted by Crippen LogP contribution is 2.24. The molecule has 1 N–H and O–H groups in total. The Balaban J connectivity index is 1.71. The van der Waals surface area contributed by atoms with Gasteiger partial charge in [0, 0.05) is 5.69 Å². The van der Waals surface area contributed by atoms with Crippen molar-refractivity contribution in [2.24, 2.45) is 0 Å². The summed E-state index contributed by atoms with van der Waals surface area (Å²) < 4.78 is 6.72. The first kappa shape index (κ1) is 20.1. The fraction of sp³-hybridized carbons (Fsp3) is 0.143. The average Bonchev–Trinajstić information content (AvgIpc) is 3.03. The molecule has 0 bridgehead atoms. The molecule has 1 heterocycles. The number of para-hydroxylation sites is 1. The second-order valence-electron chi connectivity index (χ2n) is 6.22. The second kappa shape index (κ2) is 8.59. The van der Waals surface area contributed by atoms with Crippen LogP contribution < -0.4 is 5.32 Å². The Labute approximate surface area is 172 Å². The number of rotatable bonds is 5. The van der Waals surface area contributed by atoms with Crippen LogP contribution >= 0.6 is 11.6 Å². The van der Waals surface area contributed by atoms with Crippen LogP contribution in [0.3, 0.4) is 0 Å². The molecular formula is C21H17ClN4O3. The highest BCUT2D eigenvalue weighted by Gasteiger charge is 2.26. The van der Waals surface area contributed by atoms with E-state index in [4.69, 9.17) is 21.6 Å². The summed E-state index contributed by atoms with van der Waals surface area (Å²) in [7, 11) is 0. The molecule has 146 valence electrons. The number of hydrogen-bond donors (Lipinski definition) is 1. The van der Waals surface area contributed by atoms with Crippen molar-refractivity contribution < 1.29 is 14.3 Å². The van der Waals surface area contributed by atoms with Crippen LogP contribution in [0.5, 0.6) is 0 Å². The predicted octanol–water partition coefficient (Wildman–Crippen LogP) is 3.89. The first-order valence-corrected chi connectivity index (χ1v) is 9.11. The zero-order valence-electron chi connectivity index (χ0n) is 15.7. The summed E-state index contributed by atoms with van der Waals surface area (Å²) in [5, 5.41) is 15.8. The van der Waals surface area contributed by atoms with E-state index in [2.05, 4.69) is 10.4 Å². The van der Waals surface area contributed by atoms with Crippen LogP contribution in [-0.2, 0) is 9.53 Å². The maximum atomic E-state index is 12.6. The minimum atomic E-state index is -1.06. The van der Waals surface area contributed by atoms with Gasteiger partial charge >= 0.3 is 5.97 Å². The molecule has 0 saturated carbocycles. The number of nitrogens with one attached hydrogen (secondary N) is 1. The summed E-state index contributed by atoms with van der Waals surface area (Å²) in [5.41, 5.74) is 2.16. The van der Waals surface area contributed by atoms with E-state index in [0.29, 0.717) is 22.6 Å². The van der Waals surface area contributed by atoms with Crippen LogP contribution in [0.4, 0.5) is 5.69 Å². The van der Waals surface area contributed by atoms with Gasteiger partial charge in [-0.1, -0.05) is 29.8 Å². The zero-order valence-corrected chi connectivity index (χ0v) is 16.5. The Kier molecular flexibility index (Phi) is 5.96. The lowest BCUT2D eigenvalue weighted by Gasteiger charge is -2.13. The van der Waals surface area contributed by atoms with Gasteiger partial charge in [-0.2, -0.15) is 10.4 Å². The summed E-state index contributed by atoms with van der Waals surface area (Å²) in [5.74, 6) is -1.25. The van der Waals surface area contributed by atoms with Crippen LogP contribution in [0.15, 0.2) is 54.6 Å². The SMILES string of the molecule is Cc1nn(-c2ccccc2)c(Cl)c1C(=O)O[C@@H](C)C(=O)Nc1ccc(C#N)cc1. The number of aryl methyl sites for hydroxylation is 1. The quantitative estimate of drug-likeness (QED) is 0.646. The van der Waals surface area contributed by atoms with Gasteiger partial charge in [-0.25, -0.2) is 9.48 Å². The van der Waals surface area contributed by atoms with Crippen molar-refractivity contribution in [1.29, 1.82) is 5.26 Å². The van der Waals surface area contributed by atoms with Gasteiger partial charge in [-0.15, -0.1) is 0 Å². The van der Waals surface area contributed by atoms with Gasteiger partial charge in [0.25, 0.3) is 5.91 Å². The smallest absolute Gasteiger partial charge is 0.344 e. The Bertz CT molecular complexity index is 1090. The lowest BCUT2D eigenvalue weighted by Crippen LogP contribution is -2.30. The molecule has 8 heteroatoms. The van der Waals surface area contributed by atoms with Crippen molar-refractivity contribution >= 4 is 29.2 Å². The molecule has 0 aliphatic carbocycles. The van der Waals surface area contributed by atoms with E-state index in [1.807, 2.05) is 24.3 Å². The van der Waals surface area contributed by atoms with E-state index in [0.717, 1.165) is 0 Å². The number of carbonyl (C=O) groups is 2. The molecule has 1 atom stereocenters. The van der Waals surface area contributed by atoms with Crippen LogP contribution in [-0.4, -0.2) is 27.8 Å². The van der Waals surface area contributed by atoms with Gasteiger partial charge in [-0.3, -0.25) is 4.79 Å². The predicted molar refractivity (Wildman–Crippen MR) is 108 cm³/mol. The lowest BCUT2D eigenvalue weighted by atomic mass is 10.2. The van der Waals surface area contributed by atoms with E-state index < -0.39 is 18.0 Å². The molecule has 1 aromatic heterocycles. The van der Waals surface area contributed by atoms with Gasteiger partial charge in [-0.05, 0) is 50.2 Å². The summed E-state index contributed by atoms with van der Waals surface area (Å²) in [6.07, 6.45) is -1.06. The summed E-state index contributed by atoms with van der Waals surface area (Å²) >= 11 is 6.35. The third kappa shape index (κ3) is 4.45. The first-order chi connectivity index (χ1) is 13.9. The lowest BCUT2D eigenvalue weighted by molar-refractivity contribution is -0.123. The average molecular weight is 409 g/mol. The van der Waals surface area contributed by atoms with Crippen LogP contribution in [0.2, 0.25) is 5.15 Å². The van der Waals surface area contributed by atoms with Crippen molar-refractivity contribution in [3.8, 4) is 11.8 Å². The van der Waals surface area contributed by atoms with E-state index in [-0.39, 0.29) is 10.7 Å². The number of amides is 1. The number of benzene rings is 2. The van der Waals surface area contributed by atoms with Crippen LogP contribution in [0.25, 0.3) is 5.69 Å². The van der Waals surface area contributed by atoms with Gasteiger partial charge in [0.15, 0.2) is 6.10 Å². The van der Waals surface area contributed by atoms with E-state index in [1.54, 1.807) is 43.3 Å². The van der Waals surface area contributed by atoms with Crippen molar-refractivity contribution in [3.63, 3.8) is 0 Å². The number of ether oxygens (including phenoxy) is 1. The van der Waals surface area contributed by atoms with Crippen molar-refractivity contribution in [2.45, 2.75) is 20.0 Å². The topological polar surface area (TPSA) is 97.0 Å². The number of hydrogen-bond acceptors (Lipinski definition) is 5. The Hall–Kier alpha value is -3.63. The molecule has 2 aromatic carbocycles. The van der Waals surface area contributed by atoms with Crippen molar-refractivity contribution in [3.05, 3.63) is 76.6 Å². The molecule has 0 spiro atoms. The summed E-state index contributed by atoms with van der Waals surface area (Å²) in [6.45, 7) is 3.10. The summed E-state index contributed by atoms with van der Waals surface area (Å²) in [4.78, 5) is 24.9. The zero-order chi connectivity index (χ0) is 21.0. The number of nitriles is 1. The van der Waals surface area contributed by atoms with Gasteiger partial charge in [0.2, 0.25) is 0 Å². The number of esters is 1. The monoisotopic (exact) mass is 408 g/mol. The molecule has 3 aromatic rings. The highest BCUT2D eigenvalue weighted by molar-refractivity contribution is 6.33. The minimum Gasteiger partial charge on any atom is -0.449 e. The number of aromatic nitrogens is 2. The normalized spacial score (nSPS) is 11.4. The van der Waals surface area contributed by atoms with E-state index in [1.165, 1.54) is 11.6 Å². The van der Waals surface area contributed by atoms with Gasteiger partial charge in [0.05, 0.1) is 23.0 Å². The molecule has 0 aliphatic heterocycles. The number of carbonyl (C=O) groups excluding carboxylic acids is 2. The number of nitrogens with zero attached hydrogens (tertiary/aromatic N) is 3. The minimum absolute atomic E-state index is 0.105. The number of anilines is 1. The van der Waals surface area contributed by atoms with Gasteiger partial charge in [0.1, 0.15) is 10.7 Å². The molecule has 0 saturated heterocycles. The molecule has 1 amide bonds. The largest absolute Gasteiger partial charge is 0.449 e. The molecule has 0 radical (unpaired) electrons. The Morgan fingerprint density at radius 2 is 1.83 bits per heavy atom. The number of halogens is 1. The molecular weight excluding hydrogens is 392 g/mol. The molecule has 0 fully saturated rings. The molecule has 3 rings (SSSR count). The van der Waals surface area contributed by atoms with E-state index in [9.17, 15) is 9.59 Å². The molecule has 0 unspecified atom stereocenters. The molecule has 0 aliphatic rings. The fourth-order valence-electron chi connectivity index (χ4n) is 2.62. The van der Waals surface area contributed by atoms with Crippen molar-refractivity contribution in [1.82, 2.24) is 9.78 Å². The van der Waals surface area contributed by atoms with Crippen LogP contribution in [0, 0.1) is 18.3 Å². The van der Waals surface area contributed by atoms with Crippen molar-refractivity contribution in [2.75, 3.05) is 5.32 Å². The standard InChI is InChI=1S/C21H17ClN4O3/c1-13-18(19(22)26(25-13)17-6-4-3-5-7-17)21(28)29-14(2)20(27)24-16-10-8-15(12-23)9-11-16/h3-11,14H,1-2H3,(H,24,27)/t14-/m0/s1. The van der Waals surface area contributed by atoms with E-state index >= 15 is 0 Å². The fourth-order valence-corrected chi connectivity index (χ4v) is 2.97. The van der Waals surface area contributed by atoms with Crippen LogP contribution in [0.1, 0.15) is 28.5 Å². The Morgan fingerprint density at radius 3 is 2.45 bits per heavy atom.